The first kappa shape index (κ1) is 9.88. The molecule has 56 valence electrons. The fourth-order valence-corrected chi connectivity index (χ4v) is 1.87. The van der Waals surface area contributed by atoms with Crippen LogP contribution in [-0.2, 0) is 0 Å². The fraction of sp³-hybridized carbons (Fsp3) is 1.00. The Bertz CT molecular complexity index is 73.4. The van der Waals surface area contributed by atoms with E-state index in [0.717, 1.165) is 0 Å². The smallest absolute Gasteiger partial charge is 0.0862 e. The van der Waals surface area contributed by atoms with E-state index in [1.165, 1.54) is 0 Å². The lowest BCUT2D eigenvalue weighted by Crippen LogP contribution is -2.33. The maximum absolute atomic E-state index is 9.38. The van der Waals surface area contributed by atoms with Crippen LogP contribution < -0.4 is 0 Å². The third kappa shape index (κ3) is 3.55. The zero-order chi connectivity index (χ0) is 7.33. The Morgan fingerprint density at radius 2 is 1.67 bits per heavy atom. The lowest BCUT2D eigenvalue weighted by atomic mass is 10.1. The minimum Gasteiger partial charge on any atom is -0.396 e. The molecule has 0 saturated carbocycles. The van der Waals surface area contributed by atoms with Crippen molar-refractivity contribution in [3.8, 4) is 0 Å². The summed E-state index contributed by atoms with van der Waals surface area (Å²) in [5.41, 5.74) is -0.783. The maximum atomic E-state index is 9.38. The molecule has 2 nitrogen and oxygen atoms in total. The van der Waals surface area contributed by atoms with Gasteiger partial charge in [0.25, 0.3) is 0 Å². The summed E-state index contributed by atoms with van der Waals surface area (Å²) in [6.45, 7) is 0.0215. The molecule has 0 spiro atoms. The molecule has 9 heavy (non-hydrogen) atoms. The van der Waals surface area contributed by atoms with Crippen LogP contribution in [-0.4, -0.2) is 33.1 Å². The Morgan fingerprint density at radius 3 is 1.78 bits per heavy atom. The van der Waals surface area contributed by atoms with Crippen LogP contribution >= 0.6 is 31.9 Å². The van der Waals surface area contributed by atoms with Crippen LogP contribution in [0.3, 0.4) is 0 Å². The number of halogens is 2. The van der Waals surface area contributed by atoms with Gasteiger partial charge < -0.3 is 10.2 Å². The van der Waals surface area contributed by atoms with Gasteiger partial charge in [0.1, 0.15) is 0 Å². The minimum absolute atomic E-state index is 0.0215. The van der Waals surface area contributed by atoms with Gasteiger partial charge in [-0.25, -0.2) is 0 Å². The normalized spacial score (nSPS) is 12.0. The molecular formula is C5H10Br2O2. The topological polar surface area (TPSA) is 40.5 Å². The predicted octanol–water partition coefficient (Wildman–Crippen LogP) is 0.890. The van der Waals surface area contributed by atoms with E-state index >= 15 is 0 Å². The first-order valence-electron chi connectivity index (χ1n) is 2.64. The monoisotopic (exact) mass is 260 g/mol. The van der Waals surface area contributed by atoms with Gasteiger partial charge in [-0.2, -0.15) is 0 Å². The van der Waals surface area contributed by atoms with Crippen molar-refractivity contribution in [3.63, 3.8) is 0 Å². The zero-order valence-electron chi connectivity index (χ0n) is 4.98. The maximum Gasteiger partial charge on any atom is 0.0862 e. The number of alkyl halides is 2. The van der Waals surface area contributed by atoms with E-state index in [1.807, 2.05) is 0 Å². The summed E-state index contributed by atoms with van der Waals surface area (Å²) < 4.78 is 0. The van der Waals surface area contributed by atoms with Crippen molar-refractivity contribution in [2.45, 2.75) is 12.0 Å². The van der Waals surface area contributed by atoms with Gasteiger partial charge in [-0.1, -0.05) is 31.9 Å². The van der Waals surface area contributed by atoms with Gasteiger partial charge in [-0.3, -0.25) is 0 Å². The number of aliphatic hydroxyl groups is 2. The van der Waals surface area contributed by atoms with Gasteiger partial charge in [0.2, 0.25) is 0 Å². The molecule has 0 fully saturated rings. The highest BCUT2D eigenvalue weighted by Crippen LogP contribution is 2.15. The SMILES string of the molecule is OCCC(O)(CBr)CBr. The van der Waals surface area contributed by atoms with Crippen molar-refractivity contribution >= 4 is 31.9 Å². The molecule has 0 aromatic rings. The predicted molar refractivity (Wildman–Crippen MR) is 44.2 cm³/mol. The van der Waals surface area contributed by atoms with Gasteiger partial charge in [-0.15, -0.1) is 0 Å². The first-order chi connectivity index (χ1) is 4.18. The summed E-state index contributed by atoms with van der Waals surface area (Å²) in [5, 5.41) is 18.8. The molecule has 0 heterocycles. The lowest BCUT2D eigenvalue weighted by Gasteiger charge is -2.21. The molecule has 0 unspecified atom stereocenters. The fourth-order valence-electron chi connectivity index (χ4n) is 0.377. The van der Waals surface area contributed by atoms with Crippen molar-refractivity contribution in [1.29, 1.82) is 0 Å². The van der Waals surface area contributed by atoms with E-state index in [9.17, 15) is 5.11 Å². The van der Waals surface area contributed by atoms with Crippen molar-refractivity contribution in [2.75, 3.05) is 17.3 Å². The van der Waals surface area contributed by atoms with Crippen LogP contribution in [0.1, 0.15) is 6.42 Å². The Hall–Kier alpha value is 0.880. The second kappa shape index (κ2) is 4.66. The number of hydrogen-bond acceptors (Lipinski definition) is 2. The van der Waals surface area contributed by atoms with Gasteiger partial charge in [0.15, 0.2) is 0 Å². The standard InChI is InChI=1S/C5H10Br2O2/c6-3-5(9,4-7)1-2-8/h8-9H,1-4H2. The zero-order valence-corrected chi connectivity index (χ0v) is 8.15. The second-order valence-electron chi connectivity index (χ2n) is 1.97. The van der Waals surface area contributed by atoms with Crippen LogP contribution in [0, 0.1) is 0 Å². The van der Waals surface area contributed by atoms with E-state index in [0.29, 0.717) is 17.1 Å². The molecule has 2 N–H and O–H groups in total. The number of aliphatic hydroxyl groups excluding tert-OH is 1. The summed E-state index contributed by atoms with van der Waals surface area (Å²) in [6, 6.07) is 0. The van der Waals surface area contributed by atoms with Gasteiger partial charge in [0, 0.05) is 23.7 Å². The molecule has 0 aromatic heterocycles. The van der Waals surface area contributed by atoms with E-state index in [4.69, 9.17) is 5.11 Å². The lowest BCUT2D eigenvalue weighted by molar-refractivity contribution is 0.0628. The molecular weight excluding hydrogens is 252 g/mol. The van der Waals surface area contributed by atoms with E-state index in [1.54, 1.807) is 0 Å². The Morgan fingerprint density at radius 1 is 1.22 bits per heavy atom. The van der Waals surface area contributed by atoms with Crippen LogP contribution in [0.2, 0.25) is 0 Å². The summed E-state index contributed by atoms with van der Waals surface area (Å²) >= 11 is 6.28. The average molecular weight is 262 g/mol. The van der Waals surface area contributed by atoms with Crippen molar-refractivity contribution < 1.29 is 10.2 Å². The second-order valence-corrected chi connectivity index (χ2v) is 3.09. The molecule has 0 bridgehead atoms. The van der Waals surface area contributed by atoms with Crippen LogP contribution in [0.4, 0.5) is 0 Å². The summed E-state index contributed by atoms with van der Waals surface area (Å²) in [7, 11) is 0. The number of rotatable bonds is 4. The van der Waals surface area contributed by atoms with Gasteiger partial charge >= 0.3 is 0 Å². The van der Waals surface area contributed by atoms with Crippen molar-refractivity contribution in [2.24, 2.45) is 0 Å². The molecule has 0 atom stereocenters. The molecule has 0 saturated heterocycles. The third-order valence-electron chi connectivity index (χ3n) is 1.07. The first-order valence-corrected chi connectivity index (χ1v) is 4.88. The Kier molecular flexibility index (Phi) is 5.11. The van der Waals surface area contributed by atoms with E-state index < -0.39 is 5.60 Å². The molecule has 0 aliphatic heterocycles. The molecule has 0 radical (unpaired) electrons. The highest BCUT2D eigenvalue weighted by molar-refractivity contribution is 9.09. The van der Waals surface area contributed by atoms with E-state index in [-0.39, 0.29) is 6.61 Å². The Labute approximate surface area is 71.5 Å². The molecule has 0 aromatic carbocycles. The van der Waals surface area contributed by atoms with Crippen LogP contribution in [0.25, 0.3) is 0 Å². The third-order valence-corrected chi connectivity index (χ3v) is 3.16. The average Bonchev–Trinajstić information content (AvgIpc) is 1.89. The molecule has 4 heteroatoms. The van der Waals surface area contributed by atoms with Crippen LogP contribution in [0.15, 0.2) is 0 Å². The summed E-state index contributed by atoms with van der Waals surface area (Å²) in [6.07, 6.45) is 0.406. The molecule has 0 aliphatic carbocycles. The summed E-state index contributed by atoms with van der Waals surface area (Å²) in [4.78, 5) is 0. The largest absolute Gasteiger partial charge is 0.396 e. The minimum atomic E-state index is -0.783. The molecule has 0 amide bonds. The quantitative estimate of drug-likeness (QED) is 0.738. The molecule has 0 aliphatic rings. The summed E-state index contributed by atoms with van der Waals surface area (Å²) in [5.74, 6) is 0. The Balaban J connectivity index is 3.62. The highest BCUT2D eigenvalue weighted by Gasteiger charge is 2.22. The van der Waals surface area contributed by atoms with E-state index in [2.05, 4.69) is 31.9 Å². The van der Waals surface area contributed by atoms with Crippen LogP contribution in [0.5, 0.6) is 0 Å². The van der Waals surface area contributed by atoms with Gasteiger partial charge in [-0.05, 0) is 0 Å². The van der Waals surface area contributed by atoms with Crippen molar-refractivity contribution in [3.05, 3.63) is 0 Å². The number of hydrogen-bond donors (Lipinski definition) is 2. The van der Waals surface area contributed by atoms with Crippen molar-refractivity contribution in [1.82, 2.24) is 0 Å². The highest BCUT2D eigenvalue weighted by atomic mass is 79.9. The molecule has 0 rings (SSSR count). The van der Waals surface area contributed by atoms with Gasteiger partial charge in [0.05, 0.1) is 5.60 Å².